The van der Waals surface area contributed by atoms with Crippen molar-refractivity contribution in [3.05, 3.63) is 35.9 Å². The average molecular weight is 304 g/mol. The van der Waals surface area contributed by atoms with Gasteiger partial charge in [0, 0.05) is 6.08 Å². The molecule has 0 saturated carbocycles. The molecule has 0 aliphatic carbocycles. The molecule has 122 valence electrons. The van der Waals surface area contributed by atoms with E-state index < -0.39 is 0 Å². The zero-order valence-electron chi connectivity index (χ0n) is 14.0. The Balaban J connectivity index is 2.39. The molecule has 0 amide bonds. The summed E-state index contributed by atoms with van der Waals surface area (Å²) in [4.78, 5) is 11.7. The van der Waals surface area contributed by atoms with Gasteiger partial charge in [-0.2, -0.15) is 0 Å². The number of hydrogen-bond acceptors (Lipinski definition) is 3. The molecule has 0 radical (unpaired) electrons. The molecule has 1 aromatic carbocycles. The predicted octanol–water partition coefficient (Wildman–Crippen LogP) is 4.86. The number of ether oxygens (including phenoxy) is 2. The minimum absolute atomic E-state index is 0.274. The molecule has 0 aliphatic rings. The first-order valence-electron chi connectivity index (χ1n) is 8.27. The summed E-state index contributed by atoms with van der Waals surface area (Å²) in [6.45, 7) is 7.44. The quantitative estimate of drug-likeness (QED) is 0.457. The van der Waals surface area contributed by atoms with Gasteiger partial charge in [0.1, 0.15) is 5.75 Å². The average Bonchev–Trinajstić information content (AvgIpc) is 2.54. The van der Waals surface area contributed by atoms with Crippen molar-refractivity contribution < 1.29 is 14.3 Å². The molecule has 1 aromatic rings. The van der Waals surface area contributed by atoms with Crippen molar-refractivity contribution in [2.45, 2.75) is 46.5 Å². The number of carbonyl (C=O) groups is 1. The third kappa shape index (κ3) is 7.30. The predicted molar refractivity (Wildman–Crippen MR) is 90.9 cm³/mol. The normalized spacial score (nSPS) is 12.3. The summed E-state index contributed by atoms with van der Waals surface area (Å²) in [5.41, 5.74) is 0.957. The molecule has 0 bridgehead atoms. The van der Waals surface area contributed by atoms with Crippen LogP contribution in [0, 0.1) is 5.92 Å². The largest absolute Gasteiger partial charge is 0.494 e. The van der Waals surface area contributed by atoms with Gasteiger partial charge in [0.2, 0.25) is 0 Å². The fraction of sp³-hybridized carbons (Fsp3) is 0.526. The molecule has 0 N–H and O–H groups in total. The Hall–Kier alpha value is -1.77. The maximum atomic E-state index is 11.7. The third-order valence-electron chi connectivity index (χ3n) is 3.61. The van der Waals surface area contributed by atoms with Gasteiger partial charge in [-0.3, -0.25) is 0 Å². The number of rotatable bonds is 10. The fourth-order valence-corrected chi connectivity index (χ4v) is 2.15. The zero-order chi connectivity index (χ0) is 16.2. The molecule has 3 heteroatoms. The van der Waals surface area contributed by atoms with Crippen molar-refractivity contribution >= 4 is 12.0 Å². The summed E-state index contributed by atoms with van der Waals surface area (Å²) in [6.07, 6.45) is 7.81. The molecule has 0 aromatic heterocycles. The van der Waals surface area contributed by atoms with E-state index in [9.17, 15) is 4.79 Å². The summed E-state index contributed by atoms with van der Waals surface area (Å²) >= 11 is 0. The van der Waals surface area contributed by atoms with E-state index in [0.717, 1.165) is 24.2 Å². The molecular formula is C19H28O3. The Kier molecular flexibility index (Phi) is 9.04. The van der Waals surface area contributed by atoms with Crippen LogP contribution in [0.5, 0.6) is 5.75 Å². The molecule has 0 fully saturated rings. The number of esters is 1. The standard InChI is InChI=1S/C19H28O3/c1-4-7-8-16(5-2)15-22-19(20)14-11-17-9-12-18(13-10-17)21-6-3/h9-14,16H,4-8,15H2,1-3H3/b14-11+. The first kappa shape index (κ1) is 18.3. The molecule has 22 heavy (non-hydrogen) atoms. The minimum Gasteiger partial charge on any atom is -0.494 e. The Bertz CT molecular complexity index is 448. The second kappa shape index (κ2) is 10.9. The molecule has 3 nitrogen and oxygen atoms in total. The lowest BCUT2D eigenvalue weighted by molar-refractivity contribution is -0.139. The van der Waals surface area contributed by atoms with Crippen LogP contribution in [0.1, 0.15) is 52.0 Å². The van der Waals surface area contributed by atoms with Gasteiger partial charge in [-0.25, -0.2) is 4.79 Å². The van der Waals surface area contributed by atoms with Gasteiger partial charge < -0.3 is 9.47 Å². The molecule has 1 rings (SSSR count). The number of carbonyl (C=O) groups excluding carboxylic acids is 1. The third-order valence-corrected chi connectivity index (χ3v) is 3.61. The van der Waals surface area contributed by atoms with Gasteiger partial charge in [-0.1, -0.05) is 45.2 Å². The second-order valence-electron chi connectivity index (χ2n) is 5.38. The molecule has 1 unspecified atom stereocenters. The van der Waals surface area contributed by atoms with E-state index in [0.29, 0.717) is 19.1 Å². The summed E-state index contributed by atoms with van der Waals surface area (Å²) in [7, 11) is 0. The Labute approximate surface area is 134 Å². The van der Waals surface area contributed by atoms with E-state index in [1.807, 2.05) is 31.2 Å². The van der Waals surface area contributed by atoms with Gasteiger partial charge in [-0.15, -0.1) is 0 Å². The Morgan fingerprint density at radius 2 is 1.91 bits per heavy atom. The Morgan fingerprint density at radius 3 is 2.50 bits per heavy atom. The highest BCUT2D eigenvalue weighted by Gasteiger charge is 2.08. The van der Waals surface area contributed by atoms with Crippen molar-refractivity contribution in [3.63, 3.8) is 0 Å². The monoisotopic (exact) mass is 304 g/mol. The lowest BCUT2D eigenvalue weighted by atomic mass is 10.0. The minimum atomic E-state index is -0.274. The SMILES string of the molecule is CCCCC(CC)COC(=O)/C=C/c1ccc(OCC)cc1. The van der Waals surface area contributed by atoms with Crippen molar-refractivity contribution in [3.8, 4) is 5.75 Å². The molecule has 1 atom stereocenters. The molecule has 0 spiro atoms. The van der Waals surface area contributed by atoms with Gasteiger partial charge in [-0.05, 0) is 43.0 Å². The van der Waals surface area contributed by atoms with E-state index in [2.05, 4.69) is 13.8 Å². The van der Waals surface area contributed by atoms with Crippen LogP contribution in [0.25, 0.3) is 6.08 Å². The van der Waals surface area contributed by atoms with Crippen LogP contribution in [0.3, 0.4) is 0 Å². The summed E-state index contributed by atoms with van der Waals surface area (Å²) < 4.78 is 10.7. The second-order valence-corrected chi connectivity index (χ2v) is 5.38. The lowest BCUT2D eigenvalue weighted by Crippen LogP contribution is -2.12. The lowest BCUT2D eigenvalue weighted by Gasteiger charge is -2.13. The van der Waals surface area contributed by atoms with E-state index >= 15 is 0 Å². The highest BCUT2D eigenvalue weighted by atomic mass is 16.5. The first-order valence-corrected chi connectivity index (χ1v) is 8.27. The van der Waals surface area contributed by atoms with Gasteiger partial charge in [0.05, 0.1) is 13.2 Å². The summed E-state index contributed by atoms with van der Waals surface area (Å²) in [5.74, 6) is 1.04. The van der Waals surface area contributed by atoms with E-state index in [1.54, 1.807) is 6.08 Å². The first-order chi connectivity index (χ1) is 10.7. The van der Waals surface area contributed by atoms with Crippen LogP contribution in [0.4, 0.5) is 0 Å². The van der Waals surface area contributed by atoms with E-state index in [4.69, 9.17) is 9.47 Å². The van der Waals surface area contributed by atoms with Gasteiger partial charge in [0.25, 0.3) is 0 Å². The molecular weight excluding hydrogens is 276 g/mol. The van der Waals surface area contributed by atoms with Crippen LogP contribution in [-0.2, 0) is 9.53 Å². The number of unbranched alkanes of at least 4 members (excludes halogenated alkanes) is 1. The maximum Gasteiger partial charge on any atom is 0.330 e. The molecule has 0 heterocycles. The van der Waals surface area contributed by atoms with E-state index in [-0.39, 0.29) is 5.97 Å². The topological polar surface area (TPSA) is 35.5 Å². The van der Waals surface area contributed by atoms with Crippen LogP contribution in [-0.4, -0.2) is 19.2 Å². The van der Waals surface area contributed by atoms with Crippen LogP contribution in [0.2, 0.25) is 0 Å². The number of hydrogen-bond donors (Lipinski definition) is 0. The van der Waals surface area contributed by atoms with E-state index in [1.165, 1.54) is 18.9 Å². The molecule has 0 saturated heterocycles. The van der Waals surface area contributed by atoms with Crippen molar-refractivity contribution in [2.75, 3.05) is 13.2 Å². The zero-order valence-corrected chi connectivity index (χ0v) is 14.0. The smallest absolute Gasteiger partial charge is 0.330 e. The summed E-state index contributed by atoms with van der Waals surface area (Å²) in [5, 5.41) is 0. The van der Waals surface area contributed by atoms with Crippen molar-refractivity contribution in [2.24, 2.45) is 5.92 Å². The van der Waals surface area contributed by atoms with Crippen LogP contribution >= 0.6 is 0 Å². The summed E-state index contributed by atoms with van der Waals surface area (Å²) in [6, 6.07) is 7.63. The van der Waals surface area contributed by atoms with Crippen LogP contribution < -0.4 is 4.74 Å². The highest BCUT2D eigenvalue weighted by Crippen LogP contribution is 2.14. The van der Waals surface area contributed by atoms with Crippen molar-refractivity contribution in [1.29, 1.82) is 0 Å². The van der Waals surface area contributed by atoms with Gasteiger partial charge in [0.15, 0.2) is 0 Å². The maximum absolute atomic E-state index is 11.7. The fourth-order valence-electron chi connectivity index (χ4n) is 2.15. The van der Waals surface area contributed by atoms with Crippen molar-refractivity contribution in [1.82, 2.24) is 0 Å². The van der Waals surface area contributed by atoms with Crippen LogP contribution in [0.15, 0.2) is 30.3 Å². The Morgan fingerprint density at radius 1 is 1.18 bits per heavy atom. The highest BCUT2D eigenvalue weighted by molar-refractivity contribution is 5.87. The molecule has 0 aliphatic heterocycles. The number of benzene rings is 1. The van der Waals surface area contributed by atoms with Gasteiger partial charge >= 0.3 is 5.97 Å².